The average molecular weight is 472 g/mol. The van der Waals surface area contributed by atoms with Gasteiger partial charge in [0.25, 0.3) is 0 Å². The van der Waals surface area contributed by atoms with Gasteiger partial charge in [0.1, 0.15) is 18.2 Å². The number of halogens is 1. The summed E-state index contributed by atoms with van der Waals surface area (Å²) in [5.41, 5.74) is 6.12. The Morgan fingerprint density at radius 1 is 1.00 bits per heavy atom. The summed E-state index contributed by atoms with van der Waals surface area (Å²) < 4.78 is 31.6. The van der Waals surface area contributed by atoms with Gasteiger partial charge in [-0.15, -0.1) is 0 Å². The summed E-state index contributed by atoms with van der Waals surface area (Å²) in [6.45, 7) is 1.02. The molecule has 2 aliphatic heterocycles. The fourth-order valence-corrected chi connectivity index (χ4v) is 5.63. The second-order valence-corrected chi connectivity index (χ2v) is 9.21. The van der Waals surface area contributed by atoms with E-state index in [0.29, 0.717) is 30.9 Å². The van der Waals surface area contributed by atoms with Gasteiger partial charge in [-0.1, -0.05) is 54.6 Å². The van der Waals surface area contributed by atoms with Crippen LogP contribution in [0.2, 0.25) is 0 Å². The van der Waals surface area contributed by atoms with Crippen LogP contribution in [0.5, 0.6) is 5.75 Å². The van der Waals surface area contributed by atoms with Gasteiger partial charge in [-0.3, -0.25) is 4.90 Å². The molecule has 6 heteroatoms. The lowest BCUT2D eigenvalue weighted by molar-refractivity contribution is -0.0331. The summed E-state index contributed by atoms with van der Waals surface area (Å²) >= 11 is 0. The number of amides is 1. The fourth-order valence-electron chi connectivity index (χ4n) is 5.63. The van der Waals surface area contributed by atoms with Crippen LogP contribution >= 0.6 is 0 Å². The maximum atomic E-state index is 14.6. The molecule has 35 heavy (non-hydrogen) atoms. The van der Waals surface area contributed by atoms with E-state index in [1.54, 1.807) is 24.1 Å². The molecule has 3 aromatic rings. The second-order valence-electron chi connectivity index (χ2n) is 9.21. The van der Waals surface area contributed by atoms with Gasteiger partial charge in [-0.2, -0.15) is 0 Å². The van der Waals surface area contributed by atoms with Crippen molar-refractivity contribution < 1.29 is 23.4 Å². The number of carbonyl (C=O) groups excluding carboxylic acids is 1. The molecular weight excluding hydrogens is 445 g/mol. The predicted molar refractivity (Wildman–Crippen MR) is 131 cm³/mol. The first-order chi connectivity index (χ1) is 17.1. The van der Waals surface area contributed by atoms with E-state index < -0.39 is 0 Å². The number of hydrogen-bond acceptors (Lipinski definition) is 4. The van der Waals surface area contributed by atoms with Crippen LogP contribution in [0.3, 0.4) is 0 Å². The van der Waals surface area contributed by atoms with Crippen molar-refractivity contribution in [2.45, 2.75) is 24.4 Å². The van der Waals surface area contributed by atoms with Crippen LogP contribution in [0, 0.1) is 5.82 Å². The van der Waals surface area contributed by atoms with E-state index in [0.717, 1.165) is 5.57 Å². The molecule has 1 amide bonds. The minimum absolute atomic E-state index is 0.00390. The number of hydrogen-bond donors (Lipinski definition) is 0. The summed E-state index contributed by atoms with van der Waals surface area (Å²) in [4.78, 5) is 15.1. The molecule has 1 fully saturated rings. The van der Waals surface area contributed by atoms with Crippen molar-refractivity contribution in [1.82, 2.24) is 4.90 Å². The molecule has 0 N–H and O–H groups in total. The highest BCUT2D eigenvalue weighted by Gasteiger charge is 2.40. The Kier molecular flexibility index (Phi) is 5.53. The molecule has 2 heterocycles. The van der Waals surface area contributed by atoms with Crippen LogP contribution in [-0.2, 0) is 9.47 Å². The average Bonchev–Trinajstić information content (AvgIpc) is 3.20. The standard InChI is InChI=1S/C29H26FNO4/c1-33-21-10-11-28(30)26(14-21)18-12-19-15-34-16-20(13-18)31(19)29(32)35-17-27-24-8-4-2-6-22(24)23-7-3-5-9-25(23)27/h2-12,14,19-20,27H,13,15-17H2,1H3. The van der Waals surface area contributed by atoms with Crippen molar-refractivity contribution in [2.75, 3.05) is 26.9 Å². The number of methoxy groups -OCH3 is 1. The van der Waals surface area contributed by atoms with Gasteiger partial charge in [-0.25, -0.2) is 9.18 Å². The van der Waals surface area contributed by atoms with Crippen molar-refractivity contribution >= 4 is 11.7 Å². The second kappa shape index (κ2) is 8.86. The van der Waals surface area contributed by atoms with Gasteiger partial charge in [0, 0.05) is 11.5 Å². The Balaban J connectivity index is 1.23. The monoisotopic (exact) mass is 471 g/mol. The number of rotatable bonds is 4. The number of nitrogens with zero attached hydrogens (tertiary/aromatic N) is 1. The molecule has 178 valence electrons. The Labute approximate surface area is 203 Å². The Morgan fingerprint density at radius 2 is 1.71 bits per heavy atom. The molecule has 0 saturated carbocycles. The predicted octanol–water partition coefficient (Wildman–Crippen LogP) is 5.64. The summed E-state index contributed by atoms with van der Waals surface area (Å²) in [5.74, 6) is 0.303. The first kappa shape index (κ1) is 21.9. The van der Waals surface area contributed by atoms with Crippen molar-refractivity contribution in [3.8, 4) is 16.9 Å². The largest absolute Gasteiger partial charge is 0.497 e. The van der Waals surface area contributed by atoms with Crippen LogP contribution in [0.25, 0.3) is 16.7 Å². The molecule has 5 nitrogen and oxygen atoms in total. The van der Waals surface area contributed by atoms with Crippen molar-refractivity contribution in [3.05, 3.63) is 95.3 Å². The van der Waals surface area contributed by atoms with Gasteiger partial charge < -0.3 is 14.2 Å². The van der Waals surface area contributed by atoms with Crippen LogP contribution < -0.4 is 4.74 Å². The summed E-state index contributed by atoms with van der Waals surface area (Å²) in [5, 5.41) is 0. The van der Waals surface area contributed by atoms with Crippen LogP contribution in [0.4, 0.5) is 9.18 Å². The molecule has 6 rings (SSSR count). The molecule has 1 aliphatic carbocycles. The first-order valence-electron chi connectivity index (χ1n) is 11.9. The molecule has 3 aliphatic rings. The van der Waals surface area contributed by atoms with E-state index in [4.69, 9.17) is 14.2 Å². The first-order valence-corrected chi connectivity index (χ1v) is 11.9. The fraction of sp³-hybridized carbons (Fsp3) is 0.276. The van der Waals surface area contributed by atoms with Gasteiger partial charge >= 0.3 is 6.09 Å². The lowest BCUT2D eigenvalue weighted by Crippen LogP contribution is -2.56. The molecular formula is C29H26FNO4. The van der Waals surface area contributed by atoms with Crippen LogP contribution in [0.15, 0.2) is 72.8 Å². The lowest BCUT2D eigenvalue weighted by atomic mass is 9.89. The highest BCUT2D eigenvalue weighted by Crippen LogP contribution is 2.44. The molecule has 0 aromatic heterocycles. The number of ether oxygens (including phenoxy) is 3. The zero-order valence-electron chi connectivity index (χ0n) is 19.4. The van der Waals surface area contributed by atoms with Crippen molar-refractivity contribution in [2.24, 2.45) is 0 Å². The summed E-state index contributed by atoms with van der Waals surface area (Å²) in [6.07, 6.45) is 2.06. The number of morpholine rings is 1. The van der Waals surface area contributed by atoms with Gasteiger partial charge in [-0.05, 0) is 52.4 Å². The van der Waals surface area contributed by atoms with Crippen molar-refractivity contribution in [1.29, 1.82) is 0 Å². The molecule has 3 aromatic carbocycles. The smallest absolute Gasteiger partial charge is 0.410 e. The molecule has 2 unspecified atom stereocenters. The van der Waals surface area contributed by atoms with Crippen molar-refractivity contribution in [3.63, 3.8) is 0 Å². The molecule has 1 saturated heterocycles. The minimum Gasteiger partial charge on any atom is -0.497 e. The van der Waals surface area contributed by atoms with Gasteiger partial charge in [0.05, 0.1) is 32.4 Å². The highest BCUT2D eigenvalue weighted by atomic mass is 19.1. The normalized spacial score (nSPS) is 20.6. The molecule has 2 atom stereocenters. The maximum Gasteiger partial charge on any atom is 0.410 e. The van der Waals surface area contributed by atoms with Crippen LogP contribution in [-0.4, -0.2) is 50.0 Å². The third-order valence-corrected chi connectivity index (χ3v) is 7.27. The zero-order chi connectivity index (χ0) is 23.9. The number of carbonyl (C=O) groups is 1. The molecule has 0 spiro atoms. The summed E-state index contributed by atoms with van der Waals surface area (Å²) in [6, 6.07) is 20.8. The Hall–Kier alpha value is -3.64. The SMILES string of the molecule is COc1ccc(F)c(C2=CC3COCC(C2)N3C(=O)OCC2c3ccccc3-c3ccccc32)c1. The quantitative estimate of drug-likeness (QED) is 0.494. The Morgan fingerprint density at radius 3 is 2.40 bits per heavy atom. The molecule has 2 bridgehead atoms. The maximum absolute atomic E-state index is 14.6. The van der Waals surface area contributed by atoms with E-state index in [2.05, 4.69) is 24.3 Å². The topological polar surface area (TPSA) is 48.0 Å². The third-order valence-electron chi connectivity index (χ3n) is 7.27. The van der Waals surface area contributed by atoms with E-state index in [1.807, 2.05) is 30.3 Å². The minimum atomic E-state index is -0.355. The van der Waals surface area contributed by atoms with E-state index >= 15 is 0 Å². The Bertz CT molecular complexity index is 1270. The number of fused-ring (bicyclic) bond motifs is 5. The van der Waals surface area contributed by atoms with Crippen LogP contribution in [0.1, 0.15) is 29.0 Å². The summed E-state index contributed by atoms with van der Waals surface area (Å²) in [7, 11) is 1.56. The zero-order valence-corrected chi connectivity index (χ0v) is 19.4. The van der Waals surface area contributed by atoms with E-state index in [-0.39, 0.29) is 36.5 Å². The van der Waals surface area contributed by atoms with Gasteiger partial charge in [0.15, 0.2) is 0 Å². The highest BCUT2D eigenvalue weighted by molar-refractivity contribution is 5.79. The third kappa shape index (κ3) is 3.78. The van der Waals surface area contributed by atoms with E-state index in [1.165, 1.54) is 28.3 Å². The lowest BCUT2D eigenvalue weighted by Gasteiger charge is -2.44. The van der Waals surface area contributed by atoms with Gasteiger partial charge in [0.2, 0.25) is 0 Å². The molecule has 0 radical (unpaired) electrons. The van der Waals surface area contributed by atoms with E-state index in [9.17, 15) is 9.18 Å². The number of benzene rings is 3.